The molecule has 0 atom stereocenters. The summed E-state index contributed by atoms with van der Waals surface area (Å²) < 4.78 is 0. The van der Waals surface area contributed by atoms with Crippen molar-refractivity contribution in [1.29, 1.82) is 0 Å². The van der Waals surface area contributed by atoms with Gasteiger partial charge in [-0.3, -0.25) is 20.0 Å². The first-order chi connectivity index (χ1) is 13.1. The van der Waals surface area contributed by atoms with Gasteiger partial charge in [-0.15, -0.1) is 11.3 Å². The number of nitro groups is 1. The monoisotopic (exact) mass is 383 g/mol. The molecule has 0 saturated carbocycles. The Kier molecular flexibility index (Phi) is 4.59. The van der Waals surface area contributed by atoms with Crippen molar-refractivity contribution in [3.63, 3.8) is 0 Å². The Morgan fingerprint density at radius 1 is 1.26 bits per heavy atom. The molecule has 4 rings (SSSR count). The lowest BCUT2D eigenvalue weighted by Crippen LogP contribution is -2.19. The first kappa shape index (κ1) is 17.2. The number of thiophene rings is 1. The maximum atomic E-state index is 12.5. The van der Waals surface area contributed by atoms with Crippen molar-refractivity contribution in [2.24, 2.45) is 0 Å². The van der Waals surface area contributed by atoms with Gasteiger partial charge in [0.05, 0.1) is 15.5 Å². The molecule has 3 heterocycles. The molecule has 2 N–H and O–H groups in total. The molecule has 0 bridgehead atoms. The zero-order valence-corrected chi connectivity index (χ0v) is 15.2. The van der Waals surface area contributed by atoms with Gasteiger partial charge in [-0.25, -0.2) is 0 Å². The summed E-state index contributed by atoms with van der Waals surface area (Å²) in [7, 11) is 0. The lowest BCUT2D eigenvalue weighted by atomic mass is 10.1. The second-order valence-electron chi connectivity index (χ2n) is 6.25. The predicted molar refractivity (Wildman–Crippen MR) is 104 cm³/mol. The van der Waals surface area contributed by atoms with Crippen LogP contribution in [0.5, 0.6) is 0 Å². The fourth-order valence-electron chi connectivity index (χ4n) is 3.17. The fourth-order valence-corrected chi connectivity index (χ4v) is 3.86. The van der Waals surface area contributed by atoms with Gasteiger partial charge in [0, 0.05) is 30.8 Å². The van der Waals surface area contributed by atoms with E-state index in [1.165, 1.54) is 6.07 Å². The molecule has 1 aliphatic heterocycles. The molecule has 1 fully saturated rings. The zero-order valence-electron chi connectivity index (χ0n) is 14.3. The highest BCUT2D eigenvalue weighted by molar-refractivity contribution is 7.13. The average molecular weight is 383 g/mol. The van der Waals surface area contributed by atoms with Gasteiger partial charge in [0.15, 0.2) is 5.82 Å². The molecule has 3 aromatic rings. The molecule has 138 valence electrons. The van der Waals surface area contributed by atoms with E-state index < -0.39 is 10.8 Å². The molecule has 1 aliphatic rings. The Bertz CT molecular complexity index is 977. The van der Waals surface area contributed by atoms with Crippen LogP contribution in [-0.4, -0.2) is 34.1 Å². The summed E-state index contributed by atoms with van der Waals surface area (Å²) in [6.45, 7) is 1.59. The number of hydrogen-bond donors (Lipinski definition) is 2. The van der Waals surface area contributed by atoms with Gasteiger partial charge in [0.25, 0.3) is 11.6 Å². The topological polar surface area (TPSA) is 104 Å². The molecule has 8 nitrogen and oxygen atoms in total. The molecular formula is C18H17N5O3S. The number of anilines is 2. The second kappa shape index (κ2) is 7.20. The van der Waals surface area contributed by atoms with Crippen LogP contribution in [0.1, 0.15) is 23.2 Å². The van der Waals surface area contributed by atoms with Gasteiger partial charge < -0.3 is 10.2 Å². The van der Waals surface area contributed by atoms with Crippen LogP contribution in [0.4, 0.5) is 17.2 Å². The molecule has 0 radical (unpaired) electrons. The fraction of sp³-hybridized carbons (Fsp3) is 0.222. The molecular weight excluding hydrogens is 366 g/mol. The lowest BCUT2D eigenvalue weighted by molar-refractivity contribution is -0.384. The number of aromatic amines is 1. The van der Waals surface area contributed by atoms with Crippen molar-refractivity contribution in [3.05, 3.63) is 57.5 Å². The molecule has 1 saturated heterocycles. The van der Waals surface area contributed by atoms with E-state index in [-0.39, 0.29) is 11.3 Å². The van der Waals surface area contributed by atoms with Crippen molar-refractivity contribution in [2.75, 3.05) is 23.3 Å². The van der Waals surface area contributed by atoms with E-state index in [0.717, 1.165) is 36.5 Å². The number of amides is 1. The van der Waals surface area contributed by atoms with Crippen LogP contribution in [0.2, 0.25) is 0 Å². The minimum atomic E-state index is -0.437. The third-order valence-corrected chi connectivity index (χ3v) is 5.39. The number of benzene rings is 1. The number of carbonyl (C=O) groups excluding carboxylic acids is 1. The maximum Gasteiger partial charge on any atom is 0.293 e. The lowest BCUT2D eigenvalue weighted by Gasteiger charge is -2.17. The molecule has 9 heteroatoms. The van der Waals surface area contributed by atoms with Gasteiger partial charge in [-0.05, 0) is 36.4 Å². The van der Waals surface area contributed by atoms with Crippen LogP contribution >= 0.6 is 11.3 Å². The third-order valence-electron chi connectivity index (χ3n) is 4.49. The number of rotatable bonds is 5. The summed E-state index contributed by atoms with van der Waals surface area (Å²) in [4.78, 5) is 26.6. The number of H-pyrrole nitrogens is 1. The zero-order chi connectivity index (χ0) is 18.8. The van der Waals surface area contributed by atoms with Gasteiger partial charge in [0.2, 0.25) is 0 Å². The first-order valence-corrected chi connectivity index (χ1v) is 9.44. The van der Waals surface area contributed by atoms with Crippen molar-refractivity contribution >= 4 is 34.4 Å². The molecule has 1 amide bonds. The quantitative estimate of drug-likeness (QED) is 0.514. The normalized spacial score (nSPS) is 13.7. The van der Waals surface area contributed by atoms with Crippen molar-refractivity contribution in [3.8, 4) is 10.6 Å². The number of nitro benzene ring substituents is 1. The summed E-state index contributed by atoms with van der Waals surface area (Å²) in [6.07, 6.45) is 2.04. The van der Waals surface area contributed by atoms with Crippen LogP contribution < -0.4 is 10.2 Å². The van der Waals surface area contributed by atoms with Crippen LogP contribution in [-0.2, 0) is 0 Å². The Hall–Kier alpha value is -3.20. The number of hydrogen-bond acceptors (Lipinski definition) is 6. The van der Waals surface area contributed by atoms with Gasteiger partial charge in [-0.1, -0.05) is 6.07 Å². The highest BCUT2D eigenvalue weighted by Gasteiger charge is 2.24. The van der Waals surface area contributed by atoms with Crippen LogP contribution in [0.3, 0.4) is 0 Å². The van der Waals surface area contributed by atoms with E-state index >= 15 is 0 Å². The van der Waals surface area contributed by atoms with Crippen molar-refractivity contribution in [2.45, 2.75) is 12.8 Å². The predicted octanol–water partition coefficient (Wildman–Crippen LogP) is 3.90. The summed E-state index contributed by atoms with van der Waals surface area (Å²) in [6, 6.07) is 10.2. The molecule has 27 heavy (non-hydrogen) atoms. The van der Waals surface area contributed by atoms with Crippen LogP contribution in [0, 0.1) is 10.1 Å². The second-order valence-corrected chi connectivity index (χ2v) is 7.20. The minimum absolute atomic E-state index is 0.0501. The van der Waals surface area contributed by atoms with E-state index in [2.05, 4.69) is 15.5 Å². The summed E-state index contributed by atoms with van der Waals surface area (Å²) in [5, 5.41) is 23.1. The Morgan fingerprint density at radius 2 is 2.07 bits per heavy atom. The summed E-state index contributed by atoms with van der Waals surface area (Å²) >= 11 is 1.56. The van der Waals surface area contributed by atoms with Gasteiger partial charge in [-0.2, -0.15) is 5.10 Å². The number of nitrogens with zero attached hydrogens (tertiary/aromatic N) is 3. The van der Waals surface area contributed by atoms with Gasteiger partial charge in [0.1, 0.15) is 5.69 Å². The highest BCUT2D eigenvalue weighted by Crippen LogP contribution is 2.32. The molecule has 0 aliphatic carbocycles. The van der Waals surface area contributed by atoms with Gasteiger partial charge >= 0.3 is 0 Å². The van der Waals surface area contributed by atoms with E-state index in [1.807, 2.05) is 22.4 Å². The van der Waals surface area contributed by atoms with E-state index in [9.17, 15) is 14.9 Å². The molecule has 0 spiro atoms. The van der Waals surface area contributed by atoms with E-state index in [4.69, 9.17) is 0 Å². The molecule has 0 unspecified atom stereocenters. The van der Waals surface area contributed by atoms with Crippen LogP contribution in [0.15, 0.2) is 41.8 Å². The number of nitrogens with one attached hydrogen (secondary N) is 2. The molecule has 2 aromatic heterocycles. The highest BCUT2D eigenvalue weighted by atomic mass is 32.1. The minimum Gasteiger partial charge on any atom is -0.366 e. The Balaban J connectivity index is 1.55. The molecule has 1 aromatic carbocycles. The summed E-state index contributed by atoms with van der Waals surface area (Å²) in [5.74, 6) is -0.0648. The number of aromatic nitrogens is 2. The van der Waals surface area contributed by atoms with Crippen LogP contribution in [0.25, 0.3) is 10.6 Å². The van der Waals surface area contributed by atoms with E-state index in [0.29, 0.717) is 11.5 Å². The summed E-state index contributed by atoms with van der Waals surface area (Å²) in [5.41, 5.74) is 1.54. The largest absolute Gasteiger partial charge is 0.366 e. The van der Waals surface area contributed by atoms with Crippen molar-refractivity contribution in [1.82, 2.24) is 10.2 Å². The average Bonchev–Trinajstić information content (AvgIpc) is 3.42. The third kappa shape index (κ3) is 3.54. The van der Waals surface area contributed by atoms with Crippen molar-refractivity contribution < 1.29 is 9.72 Å². The van der Waals surface area contributed by atoms with E-state index in [1.54, 1.807) is 29.5 Å². The standard InChI is InChI=1S/C18H17N5O3S/c24-18(19-17-11-13(20-21-17)16-4-3-9-27-16)12-5-6-14(15(10-12)23(25)26)22-7-1-2-8-22/h3-6,9-11H,1-2,7-8H2,(H2,19,20,21,24). The first-order valence-electron chi connectivity index (χ1n) is 8.56. The maximum absolute atomic E-state index is 12.5. The smallest absolute Gasteiger partial charge is 0.293 e. The Labute approximate surface area is 159 Å². The number of carbonyl (C=O) groups is 1. The SMILES string of the molecule is O=C(Nc1cc(-c2cccs2)[nH]n1)c1ccc(N2CCCC2)c([N+](=O)[O-])c1. The Morgan fingerprint density at radius 3 is 2.78 bits per heavy atom.